The molecular formula is C15H20O5. The van der Waals surface area contributed by atoms with Gasteiger partial charge in [0.1, 0.15) is 17.1 Å². The highest BCUT2D eigenvalue weighted by Crippen LogP contribution is 2.29. The highest BCUT2D eigenvalue weighted by molar-refractivity contribution is 5.91. The van der Waals surface area contributed by atoms with Crippen molar-refractivity contribution in [3.8, 4) is 11.5 Å². The van der Waals surface area contributed by atoms with Gasteiger partial charge in [-0.05, 0) is 37.3 Å². The molecule has 0 saturated heterocycles. The van der Waals surface area contributed by atoms with Crippen LogP contribution in [0.25, 0.3) is 0 Å². The third-order valence-corrected chi connectivity index (χ3v) is 3.00. The predicted octanol–water partition coefficient (Wildman–Crippen LogP) is 2.94. The van der Waals surface area contributed by atoms with Crippen LogP contribution in [0.5, 0.6) is 11.5 Å². The van der Waals surface area contributed by atoms with E-state index in [0.717, 1.165) is 6.42 Å². The van der Waals surface area contributed by atoms with Crippen LogP contribution < -0.4 is 9.47 Å². The van der Waals surface area contributed by atoms with Gasteiger partial charge in [0, 0.05) is 6.07 Å². The summed E-state index contributed by atoms with van der Waals surface area (Å²) in [5.41, 5.74) is 0.115. The number of benzene rings is 1. The Morgan fingerprint density at radius 2 is 2.15 bits per heavy atom. The summed E-state index contributed by atoms with van der Waals surface area (Å²) in [6, 6.07) is 4.72. The van der Waals surface area contributed by atoms with Crippen LogP contribution in [0.15, 0.2) is 18.2 Å². The van der Waals surface area contributed by atoms with E-state index in [9.17, 15) is 4.79 Å². The summed E-state index contributed by atoms with van der Waals surface area (Å²) in [6.07, 6.45) is 3.31. The van der Waals surface area contributed by atoms with Crippen LogP contribution in [0.2, 0.25) is 0 Å². The molecule has 2 rings (SSSR count). The fourth-order valence-corrected chi connectivity index (χ4v) is 1.71. The number of carboxylic acids is 1. The van der Waals surface area contributed by atoms with Gasteiger partial charge in [-0.2, -0.15) is 0 Å². The van der Waals surface area contributed by atoms with Crippen LogP contribution in [0, 0.1) is 5.92 Å². The third kappa shape index (κ3) is 4.42. The summed E-state index contributed by atoms with van der Waals surface area (Å²) >= 11 is 0. The van der Waals surface area contributed by atoms with Gasteiger partial charge in [-0.3, -0.25) is 0 Å². The number of aromatic carboxylic acids is 1. The molecule has 1 aromatic carbocycles. The van der Waals surface area contributed by atoms with Crippen molar-refractivity contribution in [2.45, 2.75) is 26.2 Å². The Balaban J connectivity index is 1.95. The van der Waals surface area contributed by atoms with E-state index < -0.39 is 5.97 Å². The minimum Gasteiger partial charge on any atom is -0.493 e. The summed E-state index contributed by atoms with van der Waals surface area (Å²) < 4.78 is 16.2. The predicted molar refractivity (Wildman–Crippen MR) is 73.4 cm³/mol. The Labute approximate surface area is 118 Å². The van der Waals surface area contributed by atoms with Crippen molar-refractivity contribution < 1.29 is 24.1 Å². The van der Waals surface area contributed by atoms with Crippen molar-refractivity contribution in [2.24, 2.45) is 5.92 Å². The Hall–Kier alpha value is -1.75. The first kappa shape index (κ1) is 14.7. The SMILES string of the molecule is CCCOc1ccc(C(=O)O)c(OCOCC2CC2)c1. The van der Waals surface area contributed by atoms with Crippen molar-refractivity contribution >= 4 is 5.97 Å². The molecule has 1 aliphatic rings. The van der Waals surface area contributed by atoms with Crippen LogP contribution in [0.3, 0.4) is 0 Å². The van der Waals surface area contributed by atoms with Crippen molar-refractivity contribution in [1.82, 2.24) is 0 Å². The van der Waals surface area contributed by atoms with Gasteiger partial charge in [0.2, 0.25) is 0 Å². The highest BCUT2D eigenvalue weighted by Gasteiger charge is 2.21. The van der Waals surface area contributed by atoms with E-state index in [0.29, 0.717) is 24.9 Å². The molecule has 1 N–H and O–H groups in total. The van der Waals surface area contributed by atoms with E-state index >= 15 is 0 Å². The minimum absolute atomic E-state index is 0.0635. The molecule has 0 atom stereocenters. The maximum absolute atomic E-state index is 11.1. The van der Waals surface area contributed by atoms with Gasteiger partial charge >= 0.3 is 5.97 Å². The molecule has 0 amide bonds. The molecule has 110 valence electrons. The molecule has 0 aliphatic heterocycles. The molecule has 1 saturated carbocycles. The average molecular weight is 280 g/mol. The third-order valence-electron chi connectivity index (χ3n) is 3.00. The van der Waals surface area contributed by atoms with Gasteiger partial charge in [-0.15, -0.1) is 0 Å². The standard InChI is InChI=1S/C15H20O5/c1-2-7-19-12-5-6-13(15(16)17)14(8-12)20-10-18-9-11-3-4-11/h5-6,8,11H,2-4,7,9-10H2,1H3,(H,16,17). The molecule has 0 bridgehead atoms. The monoisotopic (exact) mass is 280 g/mol. The van der Waals surface area contributed by atoms with Crippen LogP contribution in [-0.4, -0.2) is 31.1 Å². The molecule has 5 nitrogen and oxygen atoms in total. The molecule has 0 spiro atoms. The highest BCUT2D eigenvalue weighted by atomic mass is 16.7. The molecule has 1 fully saturated rings. The molecule has 20 heavy (non-hydrogen) atoms. The second kappa shape index (κ2) is 7.14. The fourth-order valence-electron chi connectivity index (χ4n) is 1.71. The van der Waals surface area contributed by atoms with Crippen LogP contribution in [0.1, 0.15) is 36.5 Å². The summed E-state index contributed by atoms with van der Waals surface area (Å²) in [4.78, 5) is 11.1. The lowest BCUT2D eigenvalue weighted by atomic mass is 10.2. The topological polar surface area (TPSA) is 65.0 Å². The quantitative estimate of drug-likeness (QED) is 0.556. The van der Waals surface area contributed by atoms with Gasteiger partial charge in [-0.1, -0.05) is 6.92 Å². The zero-order valence-corrected chi connectivity index (χ0v) is 11.6. The fraction of sp³-hybridized carbons (Fsp3) is 0.533. The molecule has 1 aliphatic carbocycles. The molecule has 0 unspecified atom stereocenters. The first-order chi connectivity index (χ1) is 9.70. The Kier molecular flexibility index (Phi) is 5.24. The second-order valence-corrected chi connectivity index (χ2v) is 4.89. The van der Waals surface area contributed by atoms with Crippen LogP contribution in [-0.2, 0) is 4.74 Å². The summed E-state index contributed by atoms with van der Waals surface area (Å²) in [7, 11) is 0. The van der Waals surface area contributed by atoms with Crippen molar-refractivity contribution in [3.63, 3.8) is 0 Å². The van der Waals surface area contributed by atoms with Crippen LogP contribution >= 0.6 is 0 Å². The smallest absolute Gasteiger partial charge is 0.339 e. The first-order valence-electron chi connectivity index (χ1n) is 6.91. The Bertz CT molecular complexity index is 454. The summed E-state index contributed by atoms with van der Waals surface area (Å²) in [5.74, 6) is 0.511. The lowest BCUT2D eigenvalue weighted by Gasteiger charge is -2.12. The Morgan fingerprint density at radius 3 is 2.80 bits per heavy atom. The first-order valence-corrected chi connectivity index (χ1v) is 6.91. The van der Waals surface area contributed by atoms with Crippen LogP contribution in [0.4, 0.5) is 0 Å². The summed E-state index contributed by atoms with van der Waals surface area (Å²) in [5, 5.41) is 9.13. The van der Waals surface area contributed by atoms with Crippen molar-refractivity contribution in [1.29, 1.82) is 0 Å². The minimum atomic E-state index is -1.02. The lowest BCUT2D eigenvalue weighted by molar-refractivity contribution is 0.00908. The Morgan fingerprint density at radius 1 is 1.35 bits per heavy atom. The van der Waals surface area contributed by atoms with E-state index in [1.165, 1.54) is 18.9 Å². The lowest BCUT2D eigenvalue weighted by Crippen LogP contribution is -2.09. The van der Waals surface area contributed by atoms with E-state index in [1.807, 2.05) is 6.92 Å². The van der Waals surface area contributed by atoms with Gasteiger partial charge in [0.05, 0.1) is 13.2 Å². The number of ether oxygens (including phenoxy) is 3. The van der Waals surface area contributed by atoms with E-state index in [4.69, 9.17) is 19.3 Å². The van der Waals surface area contributed by atoms with Gasteiger partial charge < -0.3 is 19.3 Å². The number of carboxylic acid groups (broad SMARTS) is 1. The van der Waals surface area contributed by atoms with Gasteiger partial charge in [0.25, 0.3) is 0 Å². The average Bonchev–Trinajstić information content (AvgIpc) is 3.25. The summed E-state index contributed by atoms with van der Waals surface area (Å²) in [6.45, 7) is 3.33. The van der Waals surface area contributed by atoms with E-state index in [1.54, 1.807) is 12.1 Å². The zero-order chi connectivity index (χ0) is 14.4. The van der Waals surface area contributed by atoms with Gasteiger partial charge in [0.15, 0.2) is 6.79 Å². The van der Waals surface area contributed by atoms with Gasteiger partial charge in [-0.25, -0.2) is 4.79 Å². The second-order valence-electron chi connectivity index (χ2n) is 4.89. The van der Waals surface area contributed by atoms with Crippen molar-refractivity contribution in [2.75, 3.05) is 20.0 Å². The number of hydrogen-bond donors (Lipinski definition) is 1. The zero-order valence-electron chi connectivity index (χ0n) is 11.6. The number of carbonyl (C=O) groups is 1. The maximum Gasteiger partial charge on any atom is 0.339 e. The molecular weight excluding hydrogens is 260 g/mol. The number of hydrogen-bond acceptors (Lipinski definition) is 4. The molecule has 0 aromatic heterocycles. The molecule has 1 aromatic rings. The van der Waals surface area contributed by atoms with E-state index in [2.05, 4.69) is 0 Å². The normalized spacial score (nSPS) is 14.1. The molecule has 0 heterocycles. The largest absolute Gasteiger partial charge is 0.493 e. The van der Waals surface area contributed by atoms with Crippen molar-refractivity contribution in [3.05, 3.63) is 23.8 Å². The molecule has 5 heteroatoms. The maximum atomic E-state index is 11.1. The van der Waals surface area contributed by atoms with E-state index in [-0.39, 0.29) is 18.1 Å². The molecule has 0 radical (unpaired) electrons. The number of rotatable bonds is 9.